The Bertz CT molecular complexity index is 376. The van der Waals surface area contributed by atoms with E-state index in [2.05, 4.69) is 10.6 Å². The Morgan fingerprint density at radius 2 is 2.18 bits per heavy atom. The van der Waals surface area contributed by atoms with Gasteiger partial charge in [0.15, 0.2) is 9.84 Å². The molecule has 2 fully saturated rings. The number of hydrogen-bond donors (Lipinski definition) is 2. The minimum absolute atomic E-state index is 0.0559. The highest BCUT2D eigenvalue weighted by Gasteiger charge is 2.29. The van der Waals surface area contributed by atoms with Gasteiger partial charge < -0.3 is 15.4 Å². The molecule has 0 spiro atoms. The summed E-state index contributed by atoms with van der Waals surface area (Å²) in [5.74, 6) is 0.226. The van der Waals surface area contributed by atoms with E-state index >= 15 is 0 Å². The van der Waals surface area contributed by atoms with Crippen LogP contribution < -0.4 is 10.6 Å². The van der Waals surface area contributed by atoms with Gasteiger partial charge in [0.1, 0.15) is 0 Å². The number of hydrogen-bond acceptors (Lipinski definition) is 4. The number of sulfone groups is 1. The van der Waals surface area contributed by atoms with Crippen molar-refractivity contribution in [3.8, 4) is 0 Å². The van der Waals surface area contributed by atoms with Crippen LogP contribution in [0.1, 0.15) is 19.3 Å². The van der Waals surface area contributed by atoms with E-state index < -0.39 is 9.84 Å². The first-order valence-corrected chi connectivity index (χ1v) is 7.74. The van der Waals surface area contributed by atoms with E-state index in [4.69, 9.17) is 4.74 Å². The summed E-state index contributed by atoms with van der Waals surface area (Å²) in [6.45, 7) is 1.25. The van der Waals surface area contributed by atoms with Gasteiger partial charge in [0.25, 0.3) is 0 Å². The molecule has 7 heteroatoms. The molecule has 2 N–H and O–H groups in total. The van der Waals surface area contributed by atoms with E-state index in [-0.39, 0.29) is 29.7 Å². The Labute approximate surface area is 101 Å². The molecule has 17 heavy (non-hydrogen) atoms. The zero-order valence-electron chi connectivity index (χ0n) is 9.65. The number of urea groups is 1. The molecule has 2 amide bonds. The van der Waals surface area contributed by atoms with Crippen LogP contribution >= 0.6 is 0 Å². The van der Waals surface area contributed by atoms with E-state index in [1.807, 2.05) is 0 Å². The van der Waals surface area contributed by atoms with Crippen LogP contribution in [-0.4, -0.2) is 51.3 Å². The summed E-state index contributed by atoms with van der Waals surface area (Å²) >= 11 is 0. The second-order valence-corrected chi connectivity index (χ2v) is 6.82. The highest BCUT2D eigenvalue weighted by molar-refractivity contribution is 7.91. The fourth-order valence-corrected chi connectivity index (χ4v) is 3.83. The summed E-state index contributed by atoms with van der Waals surface area (Å²) in [6, 6.07) is -0.549. The van der Waals surface area contributed by atoms with Crippen molar-refractivity contribution >= 4 is 15.9 Å². The SMILES string of the molecule is O=C(NCC1CCCO1)NC1CCS(=O)(=O)C1. The zero-order chi connectivity index (χ0) is 12.3. The van der Waals surface area contributed by atoms with Crippen LogP contribution in [-0.2, 0) is 14.6 Å². The summed E-state index contributed by atoms with van der Waals surface area (Å²) < 4.78 is 27.8. The number of ether oxygens (including phenoxy) is 1. The van der Waals surface area contributed by atoms with Crippen molar-refractivity contribution < 1.29 is 17.9 Å². The molecule has 0 aliphatic carbocycles. The summed E-state index contributed by atoms with van der Waals surface area (Å²) in [7, 11) is -2.94. The third-order valence-electron chi connectivity index (χ3n) is 3.08. The van der Waals surface area contributed by atoms with E-state index in [9.17, 15) is 13.2 Å². The molecule has 98 valence electrons. The average Bonchev–Trinajstić information content (AvgIpc) is 2.85. The maximum absolute atomic E-state index is 11.5. The van der Waals surface area contributed by atoms with Crippen LogP contribution in [0, 0.1) is 0 Å². The van der Waals surface area contributed by atoms with Crippen molar-refractivity contribution in [2.45, 2.75) is 31.4 Å². The van der Waals surface area contributed by atoms with Crippen LogP contribution in [0.2, 0.25) is 0 Å². The number of nitrogens with one attached hydrogen (secondary N) is 2. The minimum atomic E-state index is -2.94. The van der Waals surface area contributed by atoms with Crippen molar-refractivity contribution in [2.24, 2.45) is 0 Å². The fourth-order valence-electron chi connectivity index (χ4n) is 2.16. The van der Waals surface area contributed by atoms with Gasteiger partial charge in [-0.3, -0.25) is 0 Å². The maximum atomic E-state index is 11.5. The monoisotopic (exact) mass is 262 g/mol. The van der Waals surface area contributed by atoms with Gasteiger partial charge in [-0.05, 0) is 19.3 Å². The average molecular weight is 262 g/mol. The molecule has 0 aromatic heterocycles. The predicted octanol–water partition coefficient (Wildman–Crippen LogP) is -0.348. The fraction of sp³-hybridized carbons (Fsp3) is 0.900. The number of amides is 2. The zero-order valence-corrected chi connectivity index (χ0v) is 10.5. The maximum Gasteiger partial charge on any atom is 0.315 e. The van der Waals surface area contributed by atoms with Crippen LogP contribution in [0.4, 0.5) is 4.79 Å². The molecular formula is C10H18N2O4S. The molecule has 0 radical (unpaired) electrons. The molecule has 0 saturated carbocycles. The van der Waals surface area contributed by atoms with Gasteiger partial charge in [-0.25, -0.2) is 13.2 Å². The third kappa shape index (κ3) is 3.85. The predicted molar refractivity (Wildman–Crippen MR) is 62.6 cm³/mol. The molecular weight excluding hydrogens is 244 g/mol. The number of carbonyl (C=O) groups excluding carboxylic acids is 1. The highest BCUT2D eigenvalue weighted by atomic mass is 32.2. The van der Waals surface area contributed by atoms with Gasteiger partial charge in [-0.15, -0.1) is 0 Å². The third-order valence-corrected chi connectivity index (χ3v) is 4.85. The normalized spacial score (nSPS) is 31.3. The van der Waals surface area contributed by atoms with Crippen molar-refractivity contribution in [1.29, 1.82) is 0 Å². The van der Waals surface area contributed by atoms with E-state index in [1.54, 1.807) is 0 Å². The second kappa shape index (κ2) is 5.22. The first-order chi connectivity index (χ1) is 8.05. The van der Waals surface area contributed by atoms with Crippen molar-refractivity contribution in [3.05, 3.63) is 0 Å². The molecule has 2 aliphatic rings. The Morgan fingerprint density at radius 1 is 1.35 bits per heavy atom. The van der Waals surface area contributed by atoms with Crippen molar-refractivity contribution in [2.75, 3.05) is 24.7 Å². The molecule has 0 aromatic rings. The van der Waals surface area contributed by atoms with Gasteiger partial charge in [-0.1, -0.05) is 0 Å². The molecule has 2 saturated heterocycles. The molecule has 2 heterocycles. The van der Waals surface area contributed by atoms with Gasteiger partial charge in [0.05, 0.1) is 17.6 Å². The quantitative estimate of drug-likeness (QED) is 0.728. The van der Waals surface area contributed by atoms with Crippen molar-refractivity contribution in [1.82, 2.24) is 10.6 Å². The lowest BCUT2D eigenvalue weighted by atomic mass is 10.2. The lowest BCUT2D eigenvalue weighted by Gasteiger charge is -2.14. The smallest absolute Gasteiger partial charge is 0.315 e. The van der Waals surface area contributed by atoms with Crippen LogP contribution in [0.15, 0.2) is 0 Å². The van der Waals surface area contributed by atoms with Crippen molar-refractivity contribution in [3.63, 3.8) is 0 Å². The Hall–Kier alpha value is -0.820. The number of rotatable bonds is 3. The van der Waals surface area contributed by atoms with E-state index in [0.717, 1.165) is 19.4 Å². The van der Waals surface area contributed by atoms with Gasteiger partial charge >= 0.3 is 6.03 Å². The van der Waals surface area contributed by atoms with Gasteiger partial charge in [0.2, 0.25) is 0 Å². The summed E-state index contributed by atoms with van der Waals surface area (Å²) in [5.41, 5.74) is 0. The lowest BCUT2D eigenvalue weighted by Crippen LogP contribution is -2.44. The first kappa shape index (κ1) is 12.6. The van der Waals surface area contributed by atoms with Crippen LogP contribution in [0.25, 0.3) is 0 Å². The van der Waals surface area contributed by atoms with Gasteiger partial charge in [0, 0.05) is 19.2 Å². The van der Waals surface area contributed by atoms with Crippen LogP contribution in [0.3, 0.4) is 0 Å². The molecule has 6 nitrogen and oxygen atoms in total. The summed E-state index contributed by atoms with van der Waals surface area (Å²) in [6.07, 6.45) is 2.62. The van der Waals surface area contributed by atoms with E-state index in [1.165, 1.54) is 0 Å². The molecule has 0 aromatic carbocycles. The Kier molecular flexibility index (Phi) is 3.88. The Morgan fingerprint density at radius 3 is 2.76 bits per heavy atom. The minimum Gasteiger partial charge on any atom is -0.376 e. The number of carbonyl (C=O) groups is 1. The topological polar surface area (TPSA) is 84.5 Å². The van der Waals surface area contributed by atoms with Crippen LogP contribution in [0.5, 0.6) is 0 Å². The highest BCUT2D eigenvalue weighted by Crippen LogP contribution is 2.12. The second-order valence-electron chi connectivity index (χ2n) is 4.59. The van der Waals surface area contributed by atoms with Gasteiger partial charge in [-0.2, -0.15) is 0 Å². The molecule has 0 bridgehead atoms. The summed E-state index contributed by atoms with van der Waals surface area (Å²) in [5, 5.41) is 5.38. The lowest BCUT2D eigenvalue weighted by molar-refractivity contribution is 0.111. The molecule has 2 rings (SSSR count). The molecule has 2 unspecified atom stereocenters. The van der Waals surface area contributed by atoms with E-state index in [0.29, 0.717) is 13.0 Å². The first-order valence-electron chi connectivity index (χ1n) is 5.91. The Balaban J connectivity index is 1.67. The summed E-state index contributed by atoms with van der Waals surface area (Å²) in [4.78, 5) is 11.5. The largest absolute Gasteiger partial charge is 0.376 e. The molecule has 2 atom stereocenters. The molecule has 2 aliphatic heterocycles. The standard InChI is InChI=1S/C10H18N2O4S/c13-10(11-6-9-2-1-4-16-9)12-8-3-5-17(14,15)7-8/h8-9H,1-7H2,(H2,11,12,13).